The maximum Gasteiger partial charge on any atom is 0.318 e. The van der Waals surface area contributed by atoms with Crippen LogP contribution in [0.25, 0.3) is 10.2 Å². The molecule has 1 amide bonds. The van der Waals surface area contributed by atoms with Crippen molar-refractivity contribution in [3.05, 3.63) is 45.5 Å². The molecule has 5 nitrogen and oxygen atoms in total. The van der Waals surface area contributed by atoms with Crippen LogP contribution in [-0.2, 0) is 6.54 Å². The molecule has 2 aromatic heterocycles. The zero-order chi connectivity index (χ0) is 14.8. The van der Waals surface area contributed by atoms with Gasteiger partial charge in [0.2, 0.25) is 5.76 Å². The van der Waals surface area contributed by atoms with E-state index >= 15 is 0 Å². The minimum absolute atomic E-state index is 0.0981. The Balaban J connectivity index is 2.19. The lowest BCUT2D eigenvalue weighted by atomic mass is 10.3. The second-order valence-corrected chi connectivity index (χ2v) is 6.01. The molecule has 0 radical (unpaired) electrons. The monoisotopic (exact) mass is 361 g/mol. The maximum atomic E-state index is 12.0. The van der Waals surface area contributed by atoms with Crippen molar-refractivity contribution < 1.29 is 9.32 Å². The molecular formula is C14H8BrN3O2S. The summed E-state index contributed by atoms with van der Waals surface area (Å²) in [4.78, 5) is 16.6. The van der Waals surface area contributed by atoms with Gasteiger partial charge in [0.25, 0.3) is 0 Å². The van der Waals surface area contributed by atoms with Crippen LogP contribution in [0, 0.1) is 12.3 Å². The van der Waals surface area contributed by atoms with Crippen LogP contribution in [0.1, 0.15) is 10.6 Å². The van der Waals surface area contributed by atoms with Gasteiger partial charge < -0.3 is 9.09 Å². The van der Waals surface area contributed by atoms with Crippen molar-refractivity contribution in [1.82, 2.24) is 9.72 Å². The van der Waals surface area contributed by atoms with E-state index < -0.39 is 5.91 Å². The Hall–Kier alpha value is -2.17. The summed E-state index contributed by atoms with van der Waals surface area (Å²) in [7, 11) is 0. The summed E-state index contributed by atoms with van der Waals surface area (Å²) in [5.41, 5.74) is 0.935. The summed E-state index contributed by atoms with van der Waals surface area (Å²) in [5.74, 6) is 2.19. The van der Waals surface area contributed by atoms with Crippen LogP contribution in [0.4, 0.5) is 0 Å². The molecule has 0 N–H and O–H groups in total. The van der Waals surface area contributed by atoms with E-state index in [0.29, 0.717) is 11.3 Å². The zero-order valence-electron chi connectivity index (χ0n) is 10.6. The Morgan fingerprint density at radius 1 is 1.52 bits per heavy atom. The van der Waals surface area contributed by atoms with Crippen LogP contribution in [0.3, 0.4) is 0 Å². The SMILES string of the molecule is C#CCn1c(=NC(=O)c2ccno2)sc2cc(Br)ccc21. The largest absolute Gasteiger partial charge is 0.351 e. The normalized spacial score (nSPS) is 11.7. The highest BCUT2D eigenvalue weighted by molar-refractivity contribution is 9.10. The number of rotatable bonds is 2. The lowest BCUT2D eigenvalue weighted by Gasteiger charge is -1.99. The second-order valence-electron chi connectivity index (χ2n) is 4.08. The van der Waals surface area contributed by atoms with Gasteiger partial charge in [-0.1, -0.05) is 38.3 Å². The average Bonchev–Trinajstić information content (AvgIpc) is 3.08. The van der Waals surface area contributed by atoms with Crippen molar-refractivity contribution in [3.63, 3.8) is 0 Å². The molecule has 2 heterocycles. The van der Waals surface area contributed by atoms with Crippen molar-refractivity contribution >= 4 is 43.4 Å². The van der Waals surface area contributed by atoms with E-state index in [9.17, 15) is 4.79 Å². The highest BCUT2D eigenvalue weighted by atomic mass is 79.9. The fraction of sp³-hybridized carbons (Fsp3) is 0.0714. The predicted molar refractivity (Wildman–Crippen MR) is 82.7 cm³/mol. The molecule has 0 saturated heterocycles. The molecule has 104 valence electrons. The molecule has 0 aliphatic heterocycles. The Labute approximate surface area is 132 Å². The first-order chi connectivity index (χ1) is 10.2. The van der Waals surface area contributed by atoms with Gasteiger partial charge in [-0.05, 0) is 18.2 Å². The molecule has 0 atom stereocenters. The maximum absolute atomic E-state index is 12.0. The molecular weight excluding hydrogens is 354 g/mol. The van der Waals surface area contributed by atoms with Crippen molar-refractivity contribution in [2.45, 2.75) is 6.54 Å². The van der Waals surface area contributed by atoms with Gasteiger partial charge in [-0.15, -0.1) is 6.42 Å². The van der Waals surface area contributed by atoms with Gasteiger partial charge in [0.1, 0.15) is 0 Å². The standard InChI is InChI=1S/C14H8BrN3O2S/c1-2-7-18-10-4-3-9(15)8-12(10)21-14(18)17-13(19)11-5-6-16-20-11/h1,3-6,8H,7H2. The van der Waals surface area contributed by atoms with Gasteiger partial charge >= 0.3 is 5.91 Å². The van der Waals surface area contributed by atoms with E-state index in [2.05, 4.69) is 32.0 Å². The van der Waals surface area contributed by atoms with Gasteiger partial charge in [0, 0.05) is 10.5 Å². The minimum atomic E-state index is -0.483. The van der Waals surface area contributed by atoms with E-state index in [4.69, 9.17) is 10.9 Å². The van der Waals surface area contributed by atoms with Crippen molar-refractivity contribution in [3.8, 4) is 12.3 Å². The highest BCUT2D eigenvalue weighted by Crippen LogP contribution is 2.22. The molecule has 0 spiro atoms. The van der Waals surface area contributed by atoms with Crippen molar-refractivity contribution in [1.29, 1.82) is 0 Å². The molecule has 0 aliphatic carbocycles. The lowest BCUT2D eigenvalue weighted by Crippen LogP contribution is -2.16. The Morgan fingerprint density at radius 2 is 2.38 bits per heavy atom. The molecule has 3 rings (SSSR count). The Kier molecular flexibility index (Phi) is 3.73. The van der Waals surface area contributed by atoms with Gasteiger partial charge in [-0.3, -0.25) is 4.79 Å². The molecule has 0 bridgehead atoms. The number of hydrogen-bond acceptors (Lipinski definition) is 4. The van der Waals surface area contributed by atoms with Crippen LogP contribution in [0.15, 0.2) is 44.5 Å². The van der Waals surface area contributed by atoms with E-state index in [-0.39, 0.29) is 5.76 Å². The molecule has 3 aromatic rings. The van der Waals surface area contributed by atoms with Gasteiger partial charge in [-0.25, -0.2) is 0 Å². The van der Waals surface area contributed by atoms with Gasteiger partial charge in [0.05, 0.1) is 23.0 Å². The van der Waals surface area contributed by atoms with Crippen LogP contribution in [0.2, 0.25) is 0 Å². The summed E-state index contributed by atoms with van der Waals surface area (Å²) in [6.07, 6.45) is 6.81. The summed E-state index contributed by atoms with van der Waals surface area (Å²) >= 11 is 4.82. The van der Waals surface area contributed by atoms with Gasteiger partial charge in [0.15, 0.2) is 4.80 Å². The second kappa shape index (κ2) is 5.68. The molecule has 0 aliphatic rings. The number of nitrogens with zero attached hydrogens (tertiary/aromatic N) is 3. The van der Waals surface area contributed by atoms with Crippen LogP contribution < -0.4 is 4.80 Å². The molecule has 7 heteroatoms. The van der Waals surface area contributed by atoms with Crippen LogP contribution >= 0.6 is 27.3 Å². The summed E-state index contributed by atoms with van der Waals surface area (Å²) < 4.78 is 8.58. The van der Waals surface area contributed by atoms with Gasteiger partial charge in [-0.2, -0.15) is 4.99 Å². The number of benzene rings is 1. The number of carbonyl (C=O) groups is 1. The third-order valence-corrected chi connectivity index (χ3v) is 4.27. The Bertz CT molecular complexity index is 916. The number of halogens is 1. The van der Waals surface area contributed by atoms with E-state index in [1.54, 1.807) is 0 Å². The number of amides is 1. The van der Waals surface area contributed by atoms with Crippen molar-refractivity contribution in [2.24, 2.45) is 4.99 Å². The quantitative estimate of drug-likeness (QED) is 0.659. The van der Waals surface area contributed by atoms with Crippen LogP contribution in [0.5, 0.6) is 0 Å². The first-order valence-corrected chi connectivity index (χ1v) is 7.52. The number of aromatic nitrogens is 2. The van der Waals surface area contributed by atoms with E-state index in [1.807, 2.05) is 22.8 Å². The predicted octanol–water partition coefficient (Wildman–Crippen LogP) is 2.83. The molecule has 0 unspecified atom stereocenters. The molecule has 1 aromatic carbocycles. The summed E-state index contributed by atoms with van der Waals surface area (Å²) in [6.45, 7) is 0.337. The fourth-order valence-electron chi connectivity index (χ4n) is 1.84. The first-order valence-electron chi connectivity index (χ1n) is 5.91. The molecule has 0 fully saturated rings. The molecule has 0 saturated carbocycles. The number of fused-ring (bicyclic) bond motifs is 1. The summed E-state index contributed by atoms with van der Waals surface area (Å²) in [6, 6.07) is 7.29. The highest BCUT2D eigenvalue weighted by Gasteiger charge is 2.11. The van der Waals surface area contributed by atoms with Crippen molar-refractivity contribution in [2.75, 3.05) is 0 Å². The zero-order valence-corrected chi connectivity index (χ0v) is 13.0. The lowest BCUT2D eigenvalue weighted by molar-refractivity contribution is 0.0962. The minimum Gasteiger partial charge on any atom is -0.351 e. The average molecular weight is 362 g/mol. The number of terminal acetylenes is 1. The Morgan fingerprint density at radius 3 is 3.10 bits per heavy atom. The smallest absolute Gasteiger partial charge is 0.318 e. The van der Waals surface area contributed by atoms with E-state index in [1.165, 1.54) is 23.6 Å². The summed E-state index contributed by atoms with van der Waals surface area (Å²) in [5, 5.41) is 3.50. The van der Waals surface area contributed by atoms with E-state index in [0.717, 1.165) is 14.7 Å². The van der Waals surface area contributed by atoms with Crippen LogP contribution in [-0.4, -0.2) is 15.6 Å². The topological polar surface area (TPSA) is 60.4 Å². The third kappa shape index (κ3) is 2.68. The number of thiazole rings is 1. The fourth-order valence-corrected chi connectivity index (χ4v) is 3.42. The number of carbonyl (C=O) groups excluding carboxylic acids is 1. The third-order valence-electron chi connectivity index (χ3n) is 2.74. The number of hydrogen-bond donors (Lipinski definition) is 0. The first kappa shape index (κ1) is 13.8. The molecule has 21 heavy (non-hydrogen) atoms.